The van der Waals surface area contributed by atoms with E-state index in [1.54, 1.807) is 0 Å². The Balaban J connectivity index is 1.10. The Labute approximate surface area is 324 Å². The van der Waals surface area contributed by atoms with Crippen molar-refractivity contribution in [2.24, 2.45) is 28.1 Å². The quantitative estimate of drug-likeness (QED) is 0.0631. The zero-order valence-corrected chi connectivity index (χ0v) is 31.8. The first-order valence-corrected chi connectivity index (χ1v) is 19.9. The number of fused-ring (bicyclic) bond motifs is 3. The molecule has 2 bridgehead atoms. The molecule has 0 aromatic carbocycles. The van der Waals surface area contributed by atoms with Gasteiger partial charge in [-0.1, -0.05) is 19.9 Å². The zero-order valence-electron chi connectivity index (χ0n) is 31.8. The number of ether oxygens (including phenoxy) is 6. The van der Waals surface area contributed by atoms with E-state index in [9.17, 15) is 61.0 Å². The van der Waals surface area contributed by atoms with Crippen LogP contribution < -0.4 is 0 Å². The van der Waals surface area contributed by atoms with E-state index in [-0.39, 0.29) is 22.7 Å². The molecule has 18 nitrogen and oxygen atoms in total. The molecule has 7 rings (SSSR count). The van der Waals surface area contributed by atoms with Crippen LogP contribution in [-0.4, -0.2) is 180 Å². The van der Waals surface area contributed by atoms with E-state index in [1.165, 1.54) is 0 Å². The van der Waals surface area contributed by atoms with E-state index in [1.807, 2.05) is 6.92 Å². The van der Waals surface area contributed by atoms with Gasteiger partial charge in [0.2, 0.25) is 6.29 Å². The molecule has 0 radical (unpaired) electrons. The van der Waals surface area contributed by atoms with E-state index in [2.05, 4.69) is 13.5 Å². The van der Waals surface area contributed by atoms with Crippen molar-refractivity contribution in [2.75, 3.05) is 19.8 Å². The van der Waals surface area contributed by atoms with Gasteiger partial charge in [-0.15, -0.1) is 0 Å². The highest BCUT2D eigenvalue weighted by atomic mass is 16.8. The largest absolute Gasteiger partial charge is 0.432 e. The topological polar surface area (TPSA) is 295 Å². The number of hydrogen-bond acceptors (Lipinski definition) is 18. The molecule has 11 N–H and O–H groups in total. The molecule has 0 amide bonds. The highest BCUT2D eigenvalue weighted by molar-refractivity contribution is 5.77. The summed E-state index contributed by atoms with van der Waals surface area (Å²) in [5.74, 6) is -0.591. The molecular formula is C38H60O18. The summed E-state index contributed by atoms with van der Waals surface area (Å²) in [4.78, 5) is 14.1. The summed E-state index contributed by atoms with van der Waals surface area (Å²) in [7, 11) is 0. The van der Waals surface area contributed by atoms with Gasteiger partial charge in [-0.05, 0) is 86.5 Å². The minimum absolute atomic E-state index is 0.121. The van der Waals surface area contributed by atoms with Gasteiger partial charge in [-0.25, -0.2) is 0 Å². The van der Waals surface area contributed by atoms with Gasteiger partial charge in [0.1, 0.15) is 73.2 Å². The average molecular weight is 805 g/mol. The number of aliphatic hydroxyl groups is 11. The van der Waals surface area contributed by atoms with Crippen LogP contribution in [0.1, 0.15) is 71.6 Å². The molecule has 0 aromatic heterocycles. The Hall–Kier alpha value is -1.43. The summed E-state index contributed by atoms with van der Waals surface area (Å²) in [6.07, 6.45) is -17.8. The summed E-state index contributed by atoms with van der Waals surface area (Å²) < 4.78 is 35.6. The molecule has 4 saturated carbocycles. The number of carbonyl (C=O) groups excluding carboxylic acids is 1. The number of rotatable bonds is 9. The van der Waals surface area contributed by atoms with Gasteiger partial charge in [-0.3, -0.25) is 4.79 Å². The molecule has 3 saturated heterocycles. The molecule has 320 valence electrons. The highest BCUT2D eigenvalue weighted by Crippen LogP contribution is 2.73. The maximum absolute atomic E-state index is 14.1. The van der Waals surface area contributed by atoms with Crippen LogP contribution in [0, 0.1) is 28.1 Å². The SMILES string of the molecule is C=C1C[C@]23CC[C@@H]4[C@](C)(CCC[C@]4(C)C(=O)O[C@@H]4O[C@H](CO)[C@@H](O)[C@H](O)[C@H]4O)[C@H]2CC[C@]1(O[C@H]1O[C@H](CO)[C@@H](O)[C@H](O)[C@H]1O[C@@H]1O[C@H](CO)[C@@H](O)[C@H](O)[C@H]1O)C3. The van der Waals surface area contributed by atoms with Crippen LogP contribution in [0.5, 0.6) is 0 Å². The monoisotopic (exact) mass is 804 g/mol. The lowest BCUT2D eigenvalue weighted by Crippen LogP contribution is -2.65. The Morgan fingerprint density at radius 1 is 0.679 bits per heavy atom. The molecule has 4 aliphatic carbocycles. The van der Waals surface area contributed by atoms with Crippen LogP contribution in [-0.2, 0) is 33.2 Å². The number of aliphatic hydroxyl groups excluding tert-OH is 11. The van der Waals surface area contributed by atoms with Crippen molar-refractivity contribution in [1.29, 1.82) is 0 Å². The van der Waals surface area contributed by atoms with E-state index in [0.29, 0.717) is 44.9 Å². The van der Waals surface area contributed by atoms with Gasteiger partial charge < -0.3 is 84.6 Å². The first-order valence-electron chi connectivity index (χ1n) is 19.9. The van der Waals surface area contributed by atoms with Crippen molar-refractivity contribution in [2.45, 2.75) is 169 Å². The Bertz CT molecular complexity index is 1450. The molecule has 18 heteroatoms. The van der Waals surface area contributed by atoms with Crippen LogP contribution in [0.15, 0.2) is 12.2 Å². The van der Waals surface area contributed by atoms with Gasteiger partial charge in [-0.2, -0.15) is 0 Å². The molecule has 1 spiro atoms. The van der Waals surface area contributed by atoms with Gasteiger partial charge in [0.25, 0.3) is 0 Å². The van der Waals surface area contributed by atoms with Crippen molar-refractivity contribution in [1.82, 2.24) is 0 Å². The van der Waals surface area contributed by atoms with Crippen molar-refractivity contribution in [3.8, 4) is 0 Å². The average Bonchev–Trinajstić information content (AvgIpc) is 3.37. The smallest absolute Gasteiger partial charge is 0.314 e. The second kappa shape index (κ2) is 15.6. The highest BCUT2D eigenvalue weighted by Gasteiger charge is 2.69. The molecule has 3 aliphatic heterocycles. The van der Waals surface area contributed by atoms with Gasteiger partial charge in [0.05, 0.1) is 30.8 Å². The van der Waals surface area contributed by atoms with Crippen LogP contribution >= 0.6 is 0 Å². The van der Waals surface area contributed by atoms with Crippen molar-refractivity contribution < 1.29 is 89.4 Å². The van der Waals surface area contributed by atoms with E-state index in [0.717, 1.165) is 18.4 Å². The summed E-state index contributed by atoms with van der Waals surface area (Å²) in [6, 6.07) is 0. The summed E-state index contributed by atoms with van der Waals surface area (Å²) in [5, 5.41) is 114. The predicted octanol–water partition coefficient (Wildman–Crippen LogP) is -2.94. The second-order valence-corrected chi connectivity index (χ2v) is 18.0. The molecule has 7 aliphatic rings. The molecule has 0 aromatic rings. The lowest BCUT2D eigenvalue weighted by molar-refractivity contribution is -0.378. The minimum atomic E-state index is -1.81. The lowest BCUT2D eigenvalue weighted by Gasteiger charge is -2.64. The zero-order chi connectivity index (χ0) is 40.7. The standard InChI is InChI=1S/C38H60O18/c1-16-11-37-9-5-20-35(2,7-4-8-36(20,3)34(50)55-32-29(49)26(46)23(43)18(13-40)52-32)21(37)6-10-38(16,15-37)56-33-30(27(47)24(44)19(14-41)53-33)54-31-28(48)25(45)22(42)17(12-39)51-31/h17-33,39-49H,1,4-15H2,2-3H3/t17-,18-,19-,20-,21-,22-,23-,24-,25+,26+,27+,28-,29-,30-,31+,32+,33-,35+,36+,37+,38+/m1/s1. The van der Waals surface area contributed by atoms with Gasteiger partial charge >= 0.3 is 5.97 Å². The third kappa shape index (κ3) is 6.69. The van der Waals surface area contributed by atoms with Crippen LogP contribution in [0.4, 0.5) is 0 Å². The summed E-state index contributed by atoms with van der Waals surface area (Å²) in [6.45, 7) is 6.52. The maximum atomic E-state index is 14.1. The molecule has 0 unspecified atom stereocenters. The normalized spacial score (nSPS) is 54.6. The van der Waals surface area contributed by atoms with Crippen molar-refractivity contribution in [3.63, 3.8) is 0 Å². The first kappa shape index (κ1) is 42.7. The molecule has 56 heavy (non-hydrogen) atoms. The van der Waals surface area contributed by atoms with Crippen molar-refractivity contribution >= 4 is 5.97 Å². The van der Waals surface area contributed by atoms with Crippen LogP contribution in [0.3, 0.4) is 0 Å². The second-order valence-electron chi connectivity index (χ2n) is 18.0. The van der Waals surface area contributed by atoms with E-state index < -0.39 is 129 Å². The number of hydrogen-bond donors (Lipinski definition) is 11. The number of esters is 1. The molecule has 21 atom stereocenters. The summed E-state index contributed by atoms with van der Waals surface area (Å²) in [5.41, 5.74) is -1.80. The van der Waals surface area contributed by atoms with Crippen LogP contribution in [0.25, 0.3) is 0 Å². The number of carbonyl (C=O) groups is 1. The predicted molar refractivity (Wildman–Crippen MR) is 186 cm³/mol. The van der Waals surface area contributed by atoms with Crippen molar-refractivity contribution in [3.05, 3.63) is 12.2 Å². The lowest BCUT2D eigenvalue weighted by atomic mass is 9.41. The fourth-order valence-electron chi connectivity index (χ4n) is 12.0. The Kier molecular flexibility index (Phi) is 11.9. The third-order valence-electron chi connectivity index (χ3n) is 15.0. The van der Waals surface area contributed by atoms with Gasteiger partial charge in [0.15, 0.2) is 12.6 Å². The Morgan fingerprint density at radius 3 is 1.82 bits per heavy atom. The summed E-state index contributed by atoms with van der Waals surface area (Å²) >= 11 is 0. The van der Waals surface area contributed by atoms with Crippen LogP contribution in [0.2, 0.25) is 0 Å². The molecular weight excluding hydrogens is 744 g/mol. The molecule has 3 heterocycles. The third-order valence-corrected chi connectivity index (χ3v) is 15.0. The molecule has 7 fully saturated rings. The fourth-order valence-corrected chi connectivity index (χ4v) is 12.0. The van der Waals surface area contributed by atoms with Gasteiger partial charge in [0, 0.05) is 0 Å². The Morgan fingerprint density at radius 2 is 1.21 bits per heavy atom. The maximum Gasteiger partial charge on any atom is 0.314 e. The van der Waals surface area contributed by atoms with E-state index in [4.69, 9.17) is 28.4 Å². The fraction of sp³-hybridized carbons (Fsp3) is 0.921. The van der Waals surface area contributed by atoms with E-state index >= 15 is 0 Å². The first-order chi connectivity index (χ1) is 26.4. The minimum Gasteiger partial charge on any atom is -0.432 e.